The molecule has 0 aromatic heterocycles. The Bertz CT molecular complexity index is 3310. The maximum atomic E-state index is 2.46. The largest absolute Gasteiger partial charge is 0.310 e. The Morgan fingerprint density at radius 2 is 0.667 bits per heavy atom. The van der Waals surface area contributed by atoms with Gasteiger partial charge in [0.05, 0.1) is 16.5 Å². The van der Waals surface area contributed by atoms with Crippen LogP contribution in [0.25, 0.3) is 44.5 Å². The fraction of sp³-hybridized carbons (Fsp3) is 0.0323. The van der Waals surface area contributed by atoms with E-state index in [9.17, 15) is 0 Å². The van der Waals surface area contributed by atoms with Crippen molar-refractivity contribution in [1.82, 2.24) is 0 Å². The summed E-state index contributed by atoms with van der Waals surface area (Å²) in [7, 11) is 0. The van der Waals surface area contributed by atoms with Gasteiger partial charge < -0.3 is 4.90 Å². The van der Waals surface area contributed by atoms with Crippen LogP contribution in [-0.2, 0) is 10.8 Å². The van der Waals surface area contributed by atoms with Crippen LogP contribution in [0.15, 0.2) is 249 Å². The van der Waals surface area contributed by atoms with Crippen LogP contribution >= 0.6 is 0 Å². The number of para-hydroxylation sites is 1. The first-order valence-electron chi connectivity index (χ1n) is 22.0. The highest BCUT2D eigenvalue weighted by Crippen LogP contribution is 2.65. The second kappa shape index (κ2) is 13.8. The standard InChI is InChI=1S/C62H41N/c1-3-20-44(21-4-1)61(53-30-12-7-25-48(53)49-26-8-13-31-54(49)61)45-22-17-19-43(41-45)42-37-39-47(40-38-42)63(46-23-5-2-6-24-46)59-36-18-35-58-60(59)52-29-11-16-34-57(52)62(58)55-32-14-9-27-50(55)51-28-10-15-33-56(51)62/h1-41H. The van der Waals surface area contributed by atoms with E-state index in [0.29, 0.717) is 0 Å². The lowest BCUT2D eigenvalue weighted by molar-refractivity contribution is 0.769. The summed E-state index contributed by atoms with van der Waals surface area (Å²) in [6, 6.07) is 92.4. The monoisotopic (exact) mass is 799 g/mol. The highest BCUT2D eigenvalue weighted by Gasteiger charge is 2.52. The van der Waals surface area contributed by atoms with Crippen LogP contribution in [0.3, 0.4) is 0 Å². The summed E-state index contributed by atoms with van der Waals surface area (Å²) < 4.78 is 0. The van der Waals surface area contributed by atoms with Crippen LogP contribution in [0.4, 0.5) is 17.1 Å². The Labute approximate surface area is 368 Å². The van der Waals surface area contributed by atoms with Crippen LogP contribution in [0.2, 0.25) is 0 Å². The summed E-state index contributed by atoms with van der Waals surface area (Å²) >= 11 is 0. The number of anilines is 3. The van der Waals surface area contributed by atoms with Gasteiger partial charge in [0.1, 0.15) is 0 Å². The van der Waals surface area contributed by atoms with Crippen LogP contribution < -0.4 is 4.90 Å². The van der Waals surface area contributed by atoms with Gasteiger partial charge in [0, 0.05) is 16.9 Å². The predicted octanol–water partition coefficient (Wildman–Crippen LogP) is 15.5. The van der Waals surface area contributed by atoms with Crippen molar-refractivity contribution in [3.63, 3.8) is 0 Å². The molecule has 0 amide bonds. The van der Waals surface area contributed by atoms with E-state index in [2.05, 4.69) is 254 Å². The molecule has 0 radical (unpaired) electrons. The van der Waals surface area contributed by atoms with E-state index >= 15 is 0 Å². The first kappa shape index (κ1) is 35.7. The molecule has 0 N–H and O–H groups in total. The topological polar surface area (TPSA) is 3.24 Å². The summed E-state index contributed by atoms with van der Waals surface area (Å²) in [5.74, 6) is 0. The van der Waals surface area contributed by atoms with Gasteiger partial charge in [-0.2, -0.15) is 0 Å². The quantitative estimate of drug-likeness (QED) is 0.162. The van der Waals surface area contributed by atoms with Crippen LogP contribution in [0.1, 0.15) is 44.5 Å². The second-order valence-corrected chi connectivity index (χ2v) is 17.1. The number of nitrogens with zero attached hydrogens (tertiary/aromatic N) is 1. The molecule has 13 rings (SSSR count). The zero-order chi connectivity index (χ0) is 41.5. The molecule has 1 heteroatoms. The van der Waals surface area contributed by atoms with Gasteiger partial charge in [-0.05, 0) is 120 Å². The minimum absolute atomic E-state index is 0.413. The molecule has 0 bridgehead atoms. The molecule has 0 unspecified atom stereocenters. The van der Waals surface area contributed by atoms with E-state index in [1.54, 1.807) is 0 Å². The molecule has 1 nitrogen and oxygen atoms in total. The number of hydrogen-bond acceptors (Lipinski definition) is 1. The number of fused-ring (bicyclic) bond motifs is 13. The number of benzene rings is 10. The van der Waals surface area contributed by atoms with Gasteiger partial charge in [-0.3, -0.25) is 0 Å². The SMILES string of the molecule is c1ccc(N(c2ccc(-c3cccc(C4(c5ccccc5)c5ccccc5-c5ccccc54)c3)cc2)c2cccc3c2-c2ccccc2C32c3ccccc3-c3ccccc32)cc1. The maximum absolute atomic E-state index is 2.46. The molecule has 10 aromatic rings. The Morgan fingerprint density at radius 3 is 1.24 bits per heavy atom. The lowest BCUT2D eigenvalue weighted by Crippen LogP contribution is -2.28. The van der Waals surface area contributed by atoms with Crippen molar-refractivity contribution < 1.29 is 0 Å². The normalized spacial score (nSPS) is 14.0. The number of hydrogen-bond donors (Lipinski definition) is 0. The lowest BCUT2D eigenvalue weighted by Gasteiger charge is -2.34. The number of rotatable bonds is 6. The smallest absolute Gasteiger partial charge is 0.0726 e. The molecule has 3 aliphatic rings. The average molecular weight is 800 g/mol. The Hall–Kier alpha value is -8.00. The fourth-order valence-electron chi connectivity index (χ4n) is 11.8. The minimum Gasteiger partial charge on any atom is -0.310 e. The molecule has 3 aliphatic carbocycles. The molecule has 0 saturated carbocycles. The predicted molar refractivity (Wildman–Crippen MR) is 260 cm³/mol. The summed E-state index contributed by atoms with van der Waals surface area (Å²) in [5, 5.41) is 0. The first-order chi connectivity index (χ1) is 31.3. The van der Waals surface area contributed by atoms with E-state index in [-0.39, 0.29) is 0 Å². The summed E-state index contributed by atoms with van der Waals surface area (Å²) in [6.45, 7) is 0. The molecule has 0 atom stereocenters. The van der Waals surface area contributed by atoms with Crippen LogP contribution in [0.5, 0.6) is 0 Å². The third-order valence-corrected chi connectivity index (χ3v) is 14.2. The van der Waals surface area contributed by atoms with E-state index in [1.165, 1.54) is 94.7 Å². The highest BCUT2D eigenvalue weighted by molar-refractivity contribution is 6.01. The second-order valence-electron chi connectivity index (χ2n) is 17.1. The Balaban J connectivity index is 0.971. The molecule has 0 fully saturated rings. The third kappa shape index (κ3) is 4.88. The maximum Gasteiger partial charge on any atom is 0.0726 e. The Kier molecular flexibility index (Phi) is 7.80. The third-order valence-electron chi connectivity index (χ3n) is 14.2. The van der Waals surface area contributed by atoms with Gasteiger partial charge in [0.25, 0.3) is 0 Å². The average Bonchev–Trinajstić information content (AvgIpc) is 3.96. The van der Waals surface area contributed by atoms with Crippen molar-refractivity contribution in [2.75, 3.05) is 4.90 Å². The van der Waals surface area contributed by atoms with Crippen LogP contribution in [-0.4, -0.2) is 0 Å². The van der Waals surface area contributed by atoms with E-state index in [4.69, 9.17) is 0 Å². The minimum atomic E-state index is -0.448. The van der Waals surface area contributed by atoms with Crippen molar-refractivity contribution in [2.45, 2.75) is 10.8 Å². The van der Waals surface area contributed by atoms with Gasteiger partial charge in [-0.1, -0.05) is 212 Å². The molecule has 0 heterocycles. The highest BCUT2D eigenvalue weighted by atomic mass is 15.1. The zero-order valence-electron chi connectivity index (χ0n) is 34.6. The van der Waals surface area contributed by atoms with E-state index in [1.807, 2.05) is 0 Å². The first-order valence-corrected chi connectivity index (χ1v) is 22.0. The van der Waals surface area contributed by atoms with Crippen molar-refractivity contribution >= 4 is 17.1 Å². The van der Waals surface area contributed by atoms with Crippen molar-refractivity contribution in [2.24, 2.45) is 0 Å². The van der Waals surface area contributed by atoms with E-state index in [0.717, 1.165) is 11.4 Å². The van der Waals surface area contributed by atoms with Crippen molar-refractivity contribution in [3.8, 4) is 44.5 Å². The lowest BCUT2D eigenvalue weighted by atomic mass is 9.67. The van der Waals surface area contributed by atoms with Crippen LogP contribution in [0, 0.1) is 0 Å². The summed E-state index contributed by atoms with van der Waals surface area (Å²) in [5.41, 5.74) is 23.3. The fourth-order valence-corrected chi connectivity index (χ4v) is 11.8. The molecule has 63 heavy (non-hydrogen) atoms. The molecular formula is C62H41N. The zero-order valence-corrected chi connectivity index (χ0v) is 34.6. The van der Waals surface area contributed by atoms with Gasteiger partial charge in [-0.15, -0.1) is 0 Å². The molecule has 0 aliphatic heterocycles. The van der Waals surface area contributed by atoms with Crippen molar-refractivity contribution in [3.05, 3.63) is 293 Å². The van der Waals surface area contributed by atoms with Gasteiger partial charge >= 0.3 is 0 Å². The molecular weight excluding hydrogens is 759 g/mol. The van der Waals surface area contributed by atoms with E-state index < -0.39 is 10.8 Å². The molecule has 0 saturated heterocycles. The molecule has 294 valence electrons. The van der Waals surface area contributed by atoms with Gasteiger partial charge in [0.15, 0.2) is 0 Å². The van der Waals surface area contributed by atoms with Gasteiger partial charge in [-0.25, -0.2) is 0 Å². The molecule has 1 spiro atoms. The Morgan fingerprint density at radius 1 is 0.254 bits per heavy atom. The van der Waals surface area contributed by atoms with Crippen molar-refractivity contribution in [1.29, 1.82) is 0 Å². The van der Waals surface area contributed by atoms with Gasteiger partial charge in [0.2, 0.25) is 0 Å². The summed E-state index contributed by atoms with van der Waals surface area (Å²) in [4.78, 5) is 2.46. The molecule has 10 aromatic carbocycles. The summed E-state index contributed by atoms with van der Waals surface area (Å²) in [6.07, 6.45) is 0.